The Morgan fingerprint density at radius 2 is 0.710 bits per heavy atom. The first kappa shape index (κ1) is 62.6. The Kier molecular flexibility index (Phi) is 30.8. The minimum atomic E-state index is -0.106. The second-order valence-corrected chi connectivity index (χ2v) is 21.8. The summed E-state index contributed by atoms with van der Waals surface area (Å²) in [6.07, 6.45) is 10.9. The Morgan fingerprint density at radius 3 is 0.913 bits per heavy atom. The molecular formula is C55H70Cl6N6Pd2-2. The van der Waals surface area contributed by atoms with Crippen LogP contribution in [-0.2, 0) is 57.6 Å². The first-order valence-electron chi connectivity index (χ1n) is 22.6. The molecule has 2 saturated heterocycles. The van der Waals surface area contributed by atoms with Gasteiger partial charge in [-0.05, 0) is 136 Å². The number of pyridine rings is 2. The van der Waals surface area contributed by atoms with Gasteiger partial charge in [0.1, 0.15) is 0 Å². The predicted octanol–water partition coefficient (Wildman–Crippen LogP) is 17.2. The fraction of sp³-hybridized carbons (Fsp3) is 0.345. The molecule has 4 heterocycles. The molecule has 2 aliphatic rings. The summed E-state index contributed by atoms with van der Waals surface area (Å²) in [4.78, 5) is 17.3. The van der Waals surface area contributed by atoms with Crippen molar-refractivity contribution in [3.8, 4) is 0 Å². The fourth-order valence-corrected chi connectivity index (χ4v) is 9.04. The average Bonchev–Trinajstić information content (AvgIpc) is 4.00. The molecule has 2 aliphatic heterocycles. The summed E-state index contributed by atoms with van der Waals surface area (Å²) in [5, 5.41) is 1.37. The van der Waals surface area contributed by atoms with Gasteiger partial charge in [0.05, 0.1) is 10.0 Å². The van der Waals surface area contributed by atoms with E-state index in [-0.39, 0.29) is 39.3 Å². The molecule has 6 nitrogen and oxygen atoms in total. The molecule has 0 N–H and O–H groups in total. The third kappa shape index (κ3) is 19.8. The van der Waals surface area contributed by atoms with Gasteiger partial charge in [0.15, 0.2) is 0 Å². The number of aromatic nitrogens is 2. The Hall–Kier alpha value is -2.56. The van der Waals surface area contributed by atoms with Crippen LogP contribution in [0.15, 0.2) is 110 Å². The van der Waals surface area contributed by atoms with Gasteiger partial charge in [-0.25, -0.2) is 0 Å². The van der Waals surface area contributed by atoms with Crippen molar-refractivity contribution in [1.29, 1.82) is 0 Å². The molecule has 6 aromatic rings. The molecular weight excluding hydrogens is 1170 g/mol. The van der Waals surface area contributed by atoms with Gasteiger partial charge in [0.25, 0.3) is 0 Å². The van der Waals surface area contributed by atoms with Crippen molar-refractivity contribution in [1.82, 2.24) is 9.97 Å². The molecule has 0 aliphatic carbocycles. The number of anilines is 4. The molecule has 0 atom stereocenters. The number of rotatable bonds is 8. The Labute approximate surface area is 458 Å². The molecule has 2 fully saturated rings. The van der Waals surface area contributed by atoms with Gasteiger partial charge in [0, 0.05) is 73.7 Å². The summed E-state index contributed by atoms with van der Waals surface area (Å²) in [5.74, 6) is 0. The van der Waals surface area contributed by atoms with Gasteiger partial charge in [-0.1, -0.05) is 130 Å². The van der Waals surface area contributed by atoms with Crippen LogP contribution in [0.25, 0.3) is 0 Å². The van der Waals surface area contributed by atoms with Crippen LogP contribution in [0.5, 0.6) is 0 Å². The monoisotopic (exact) mass is 1240 g/mol. The topological polar surface area (TPSA) is 38.7 Å². The predicted molar refractivity (Wildman–Crippen MR) is 298 cm³/mol. The van der Waals surface area contributed by atoms with E-state index in [1.165, 1.54) is 78.4 Å². The van der Waals surface area contributed by atoms with Crippen molar-refractivity contribution < 1.29 is 31.9 Å². The van der Waals surface area contributed by atoms with Gasteiger partial charge >= 0.3 is 70.0 Å². The van der Waals surface area contributed by atoms with Crippen LogP contribution in [0.4, 0.5) is 22.7 Å². The van der Waals surface area contributed by atoms with Crippen LogP contribution < -0.4 is 19.6 Å². The second-order valence-electron chi connectivity index (χ2n) is 16.2. The number of aryl methyl sites for hydroxylation is 10. The second kappa shape index (κ2) is 34.0. The van der Waals surface area contributed by atoms with E-state index in [9.17, 15) is 0 Å². The Morgan fingerprint density at radius 1 is 0.449 bits per heavy atom. The summed E-state index contributed by atoms with van der Waals surface area (Å²) in [5.41, 5.74) is 19.5. The molecule has 8 rings (SSSR count). The molecule has 69 heavy (non-hydrogen) atoms. The van der Waals surface area contributed by atoms with Crippen molar-refractivity contribution in [3.63, 3.8) is 0 Å². The summed E-state index contributed by atoms with van der Waals surface area (Å²) in [6, 6.07) is 29.8. The maximum absolute atomic E-state index is 5.48. The zero-order valence-corrected chi connectivity index (χ0v) is 48.4. The van der Waals surface area contributed by atoms with Crippen LogP contribution in [0.3, 0.4) is 0 Å². The van der Waals surface area contributed by atoms with E-state index in [0.717, 1.165) is 51.9 Å². The SMILES string of the molecule is C.CCc1cccc(CC)c1N1[CH-]N(c2c(CC)cccc2CC)CC1.Cc1cc(C)c(N2[CH-]N(c3c(C)cc(C)cc3C)CC2)c(C)c1.Clc1cccnc1.Clc1cccnc1.[Cl][Pd][Cl].[Cl][Pd][Cl]. The van der Waals surface area contributed by atoms with Gasteiger partial charge < -0.3 is 19.6 Å². The number of para-hydroxylation sites is 2. The quantitative estimate of drug-likeness (QED) is 0.112. The molecule has 0 saturated carbocycles. The van der Waals surface area contributed by atoms with Crippen LogP contribution in [0.2, 0.25) is 10.0 Å². The standard InChI is InChI=1S/C23H31N2.C21H27N2.2C5H4ClN.CH4.4ClH.2Pd/c1-5-18-11-9-12-19(6-2)22(18)24-15-16-25(17-24)23-20(7-3)13-10-14-21(23)8-4;1-14-9-16(3)20(17(4)10-14)22-7-8-23(13-22)21-18(5)11-15(2)12-19(21)6;2*6-5-2-1-3-7-4-5;;;;;;;/h9-14,17H,5-8,15-16H2,1-4H3;9-13H,7-8H2,1-6H3;2*1-4H;1H4;4*1H;;/q2*-1;;;;;;;;2*+2/p-4. The molecule has 2 aromatic heterocycles. The number of halogens is 6. The van der Waals surface area contributed by atoms with Crippen molar-refractivity contribution in [2.75, 3.05) is 45.8 Å². The summed E-state index contributed by atoms with van der Waals surface area (Å²) in [6.45, 7) is 31.1. The zero-order valence-electron chi connectivity index (χ0n) is 40.8. The van der Waals surface area contributed by atoms with E-state index in [4.69, 9.17) is 61.3 Å². The van der Waals surface area contributed by atoms with Gasteiger partial charge in [-0.15, -0.1) is 0 Å². The van der Waals surface area contributed by atoms with E-state index < -0.39 is 0 Å². The summed E-state index contributed by atoms with van der Waals surface area (Å²) in [7, 11) is 19.3. The third-order valence-electron chi connectivity index (χ3n) is 11.3. The summed E-state index contributed by atoms with van der Waals surface area (Å²) < 4.78 is 0. The molecule has 0 unspecified atom stereocenters. The number of benzene rings is 4. The minimum absolute atomic E-state index is 0. The third-order valence-corrected chi connectivity index (χ3v) is 11.8. The first-order chi connectivity index (χ1) is 32.7. The molecule has 0 radical (unpaired) electrons. The Bertz CT molecular complexity index is 2140. The normalized spacial score (nSPS) is 12.5. The molecule has 14 heteroatoms. The average molecular weight is 1240 g/mol. The van der Waals surface area contributed by atoms with Crippen molar-refractivity contribution in [2.24, 2.45) is 0 Å². The van der Waals surface area contributed by atoms with Crippen molar-refractivity contribution >= 4 is 84.1 Å². The van der Waals surface area contributed by atoms with Gasteiger partial charge in [0.2, 0.25) is 0 Å². The van der Waals surface area contributed by atoms with Gasteiger partial charge in [-0.3, -0.25) is 9.97 Å². The van der Waals surface area contributed by atoms with E-state index in [2.05, 4.69) is 173 Å². The first-order valence-corrected chi connectivity index (χ1v) is 31.4. The van der Waals surface area contributed by atoms with E-state index in [0.29, 0.717) is 10.0 Å². The van der Waals surface area contributed by atoms with E-state index in [1.54, 1.807) is 49.1 Å². The number of hydrogen-bond donors (Lipinski definition) is 0. The fourth-order valence-electron chi connectivity index (χ4n) is 8.78. The van der Waals surface area contributed by atoms with Gasteiger partial charge in [-0.2, -0.15) is 13.3 Å². The Balaban J connectivity index is 0.000000337. The molecule has 4 aromatic carbocycles. The van der Waals surface area contributed by atoms with Crippen LogP contribution in [-0.4, -0.2) is 36.1 Å². The van der Waals surface area contributed by atoms with Crippen LogP contribution >= 0.6 is 61.3 Å². The van der Waals surface area contributed by atoms with Crippen molar-refractivity contribution in [3.05, 3.63) is 189 Å². The number of nitrogens with zero attached hydrogens (tertiary/aromatic N) is 6. The van der Waals surface area contributed by atoms with Crippen LogP contribution in [0.1, 0.15) is 90.8 Å². The van der Waals surface area contributed by atoms with E-state index >= 15 is 0 Å². The molecule has 0 spiro atoms. The maximum atomic E-state index is 5.48. The van der Waals surface area contributed by atoms with Crippen molar-refractivity contribution in [2.45, 2.75) is 102 Å². The number of hydrogen-bond acceptors (Lipinski definition) is 6. The van der Waals surface area contributed by atoms with Crippen LogP contribution in [0, 0.1) is 54.9 Å². The van der Waals surface area contributed by atoms with E-state index in [1.807, 2.05) is 0 Å². The molecule has 0 bridgehead atoms. The zero-order chi connectivity index (χ0) is 50.2. The molecule has 384 valence electrons. The molecule has 0 amide bonds. The summed E-state index contributed by atoms with van der Waals surface area (Å²) >= 11 is 10.7.